The highest BCUT2D eigenvalue weighted by atomic mass is 32.2. The number of aromatic amines is 1. The summed E-state index contributed by atoms with van der Waals surface area (Å²) in [5.74, 6) is 0.179. The Hall–Kier alpha value is -1.61. The summed E-state index contributed by atoms with van der Waals surface area (Å²) >= 11 is 0. The molecule has 0 aliphatic carbocycles. The number of ether oxygens (including phenoxy) is 1. The minimum absolute atomic E-state index is 0.193. The second-order valence-electron chi connectivity index (χ2n) is 4.15. The van der Waals surface area contributed by atoms with Crippen LogP contribution in [-0.2, 0) is 10.0 Å². The van der Waals surface area contributed by atoms with Gasteiger partial charge in [0.2, 0.25) is 15.9 Å². The number of nitrogens with one attached hydrogen (secondary N) is 2. The Morgan fingerprint density at radius 2 is 2.42 bits per heavy atom. The fourth-order valence-electron chi connectivity index (χ4n) is 1.86. The van der Waals surface area contributed by atoms with E-state index in [1.54, 1.807) is 0 Å². The van der Waals surface area contributed by atoms with Crippen LogP contribution in [0.1, 0.15) is 16.9 Å². The highest BCUT2D eigenvalue weighted by molar-refractivity contribution is 7.89. The number of hydrogen-bond donors (Lipinski definition) is 2. The van der Waals surface area contributed by atoms with E-state index in [1.807, 2.05) is 0 Å². The molecule has 1 aromatic heterocycles. The van der Waals surface area contributed by atoms with Gasteiger partial charge in [-0.1, -0.05) is 0 Å². The molecular weight excluding hydrogens is 272 g/mol. The van der Waals surface area contributed by atoms with Crippen molar-refractivity contribution in [2.24, 2.45) is 0 Å². The second kappa shape index (κ2) is 5.57. The maximum atomic E-state index is 11.7. The van der Waals surface area contributed by atoms with Crippen molar-refractivity contribution in [3.05, 3.63) is 11.8 Å². The molecule has 1 amide bonds. The minimum Gasteiger partial charge on any atom is -0.480 e. The van der Waals surface area contributed by atoms with Crippen LogP contribution in [0.2, 0.25) is 0 Å². The van der Waals surface area contributed by atoms with E-state index in [0.29, 0.717) is 25.4 Å². The van der Waals surface area contributed by atoms with Gasteiger partial charge in [0.1, 0.15) is 5.69 Å². The third-order valence-corrected chi connectivity index (χ3v) is 4.81. The molecule has 0 unspecified atom stereocenters. The third-order valence-electron chi connectivity index (χ3n) is 2.86. The summed E-state index contributed by atoms with van der Waals surface area (Å²) in [5, 5.41) is 8.91. The van der Waals surface area contributed by atoms with Gasteiger partial charge in [0.15, 0.2) is 0 Å². The maximum absolute atomic E-state index is 11.7. The van der Waals surface area contributed by atoms with E-state index >= 15 is 0 Å². The quantitative estimate of drug-likeness (QED) is 0.737. The van der Waals surface area contributed by atoms with Gasteiger partial charge < -0.3 is 10.1 Å². The van der Waals surface area contributed by atoms with Gasteiger partial charge in [-0.25, -0.2) is 12.7 Å². The van der Waals surface area contributed by atoms with Crippen molar-refractivity contribution in [1.29, 1.82) is 0 Å². The minimum atomic E-state index is -3.11. The number of aromatic nitrogens is 2. The topological polar surface area (TPSA) is 104 Å². The monoisotopic (exact) mass is 288 g/mol. The van der Waals surface area contributed by atoms with Crippen LogP contribution >= 0.6 is 0 Å². The van der Waals surface area contributed by atoms with Gasteiger partial charge in [-0.15, -0.1) is 5.10 Å². The van der Waals surface area contributed by atoms with Crippen molar-refractivity contribution >= 4 is 15.9 Å². The molecule has 0 saturated carbocycles. The lowest BCUT2D eigenvalue weighted by Crippen LogP contribution is -2.36. The number of carbonyl (C=O) groups is 1. The average Bonchev–Trinajstić information content (AvgIpc) is 2.96. The number of sulfonamides is 1. The molecule has 9 heteroatoms. The van der Waals surface area contributed by atoms with Crippen LogP contribution in [0.4, 0.5) is 0 Å². The number of methoxy groups -OCH3 is 1. The molecule has 0 radical (unpaired) electrons. The number of hydrogen-bond acceptors (Lipinski definition) is 5. The van der Waals surface area contributed by atoms with E-state index in [0.717, 1.165) is 0 Å². The molecule has 2 rings (SSSR count). The fourth-order valence-corrected chi connectivity index (χ4v) is 3.38. The Morgan fingerprint density at radius 3 is 3.00 bits per heavy atom. The normalized spacial score (nSPS) is 18.4. The molecule has 0 bridgehead atoms. The van der Waals surface area contributed by atoms with Crippen LogP contribution in [0.5, 0.6) is 5.88 Å². The molecule has 8 nitrogen and oxygen atoms in total. The first kappa shape index (κ1) is 13.8. The summed E-state index contributed by atoms with van der Waals surface area (Å²) in [6.45, 7) is 1.08. The van der Waals surface area contributed by atoms with Crippen LogP contribution in [0.25, 0.3) is 0 Å². The van der Waals surface area contributed by atoms with E-state index < -0.39 is 10.0 Å². The summed E-state index contributed by atoms with van der Waals surface area (Å²) in [4.78, 5) is 11.7. The molecule has 1 aliphatic rings. The summed E-state index contributed by atoms with van der Waals surface area (Å²) in [7, 11) is -1.65. The molecule has 2 N–H and O–H groups in total. The van der Waals surface area contributed by atoms with Crippen molar-refractivity contribution in [1.82, 2.24) is 19.8 Å². The molecule has 0 atom stereocenters. The highest BCUT2D eigenvalue weighted by Gasteiger charge is 2.27. The molecule has 0 spiro atoms. The van der Waals surface area contributed by atoms with Crippen molar-refractivity contribution in [2.45, 2.75) is 6.42 Å². The zero-order valence-corrected chi connectivity index (χ0v) is 11.4. The average molecular weight is 288 g/mol. The number of nitrogens with zero attached hydrogens (tertiary/aromatic N) is 2. The first-order valence-electron chi connectivity index (χ1n) is 5.88. The Kier molecular flexibility index (Phi) is 4.05. The molecule has 0 aromatic carbocycles. The molecule has 19 heavy (non-hydrogen) atoms. The van der Waals surface area contributed by atoms with Crippen LogP contribution < -0.4 is 10.1 Å². The lowest BCUT2D eigenvalue weighted by atomic mass is 10.4. The van der Waals surface area contributed by atoms with Gasteiger partial charge in [-0.2, -0.15) is 0 Å². The SMILES string of the molecule is COc1cc(C(=O)NCCN2CCCS2(=O)=O)[nH]n1. The Balaban J connectivity index is 1.81. The van der Waals surface area contributed by atoms with Gasteiger partial charge in [0.25, 0.3) is 5.91 Å². The van der Waals surface area contributed by atoms with Crippen LogP contribution in [0.3, 0.4) is 0 Å². The van der Waals surface area contributed by atoms with E-state index in [9.17, 15) is 13.2 Å². The number of rotatable bonds is 5. The molecular formula is C10H16N4O4S. The Morgan fingerprint density at radius 1 is 1.63 bits per heavy atom. The summed E-state index contributed by atoms with van der Waals surface area (Å²) in [5.41, 5.74) is 0.279. The highest BCUT2D eigenvalue weighted by Crippen LogP contribution is 2.12. The van der Waals surface area contributed by atoms with Gasteiger partial charge in [0, 0.05) is 25.7 Å². The van der Waals surface area contributed by atoms with Gasteiger partial charge in [0.05, 0.1) is 12.9 Å². The smallest absolute Gasteiger partial charge is 0.269 e. The first-order chi connectivity index (χ1) is 9.03. The lowest BCUT2D eigenvalue weighted by molar-refractivity contribution is 0.0947. The van der Waals surface area contributed by atoms with Crippen LogP contribution in [-0.4, -0.2) is 61.3 Å². The van der Waals surface area contributed by atoms with Crippen LogP contribution in [0.15, 0.2) is 6.07 Å². The summed E-state index contributed by atoms with van der Waals surface area (Å²) in [6, 6.07) is 1.47. The largest absolute Gasteiger partial charge is 0.480 e. The molecule has 1 fully saturated rings. The van der Waals surface area contributed by atoms with Crippen molar-refractivity contribution in [3.63, 3.8) is 0 Å². The molecule has 1 aliphatic heterocycles. The molecule has 1 saturated heterocycles. The standard InChI is InChI=1S/C10H16N4O4S/c1-18-9-7-8(12-13-9)10(15)11-3-5-14-4-2-6-19(14,16)17/h7H,2-6H2,1H3,(H,11,15)(H,12,13). The maximum Gasteiger partial charge on any atom is 0.269 e. The predicted molar refractivity (Wildman–Crippen MR) is 67.4 cm³/mol. The summed E-state index contributed by atoms with van der Waals surface area (Å²) in [6.07, 6.45) is 0.647. The van der Waals surface area contributed by atoms with Gasteiger partial charge in [-0.3, -0.25) is 9.89 Å². The van der Waals surface area contributed by atoms with Crippen molar-refractivity contribution < 1.29 is 17.9 Å². The Labute approximate surface area is 111 Å². The lowest BCUT2D eigenvalue weighted by Gasteiger charge is -2.13. The predicted octanol–water partition coefficient (Wildman–Crippen LogP) is -0.816. The number of amides is 1. The van der Waals surface area contributed by atoms with Crippen LogP contribution in [0, 0.1) is 0 Å². The summed E-state index contributed by atoms with van der Waals surface area (Å²) < 4.78 is 29.3. The van der Waals surface area contributed by atoms with Crippen molar-refractivity contribution in [2.75, 3.05) is 32.5 Å². The number of H-pyrrole nitrogens is 1. The zero-order chi connectivity index (χ0) is 13.9. The Bertz CT molecular complexity index is 554. The zero-order valence-electron chi connectivity index (χ0n) is 10.5. The fraction of sp³-hybridized carbons (Fsp3) is 0.600. The van der Waals surface area contributed by atoms with Crippen molar-refractivity contribution in [3.8, 4) is 5.88 Å². The van der Waals surface area contributed by atoms with Gasteiger partial charge >= 0.3 is 0 Å². The second-order valence-corrected chi connectivity index (χ2v) is 6.24. The van der Waals surface area contributed by atoms with E-state index in [1.165, 1.54) is 17.5 Å². The van der Waals surface area contributed by atoms with E-state index in [2.05, 4.69) is 15.5 Å². The van der Waals surface area contributed by atoms with E-state index in [4.69, 9.17) is 4.74 Å². The van der Waals surface area contributed by atoms with E-state index in [-0.39, 0.29) is 23.9 Å². The first-order valence-corrected chi connectivity index (χ1v) is 7.49. The molecule has 1 aromatic rings. The van der Waals surface area contributed by atoms with Gasteiger partial charge in [-0.05, 0) is 6.42 Å². The number of carbonyl (C=O) groups excluding carboxylic acids is 1. The molecule has 106 valence electrons. The third kappa shape index (κ3) is 3.24. The molecule has 2 heterocycles.